The molecular formula is C20H6Cl2N4O2. The van der Waals surface area contributed by atoms with Gasteiger partial charge in [0.2, 0.25) is 11.6 Å². The molecule has 0 heterocycles. The number of carbonyl (C=O) groups excluding carboxylic acids is 2. The molecule has 0 atom stereocenters. The van der Waals surface area contributed by atoms with Gasteiger partial charge in [-0.05, 0) is 12.1 Å². The second-order valence-electron chi connectivity index (χ2n) is 5.22. The Bertz CT molecular complexity index is 1080. The molecule has 8 heteroatoms. The standard InChI is InChI=1S/C10H4Cl2O2.C10H2N4/c11-7-8(12)10(14)6-4-2-1-3-5(6)9(7)13;11-3-7-1-8(4-12)10(6-14)2-9(7)5-13/h1-4H;1-2H. The van der Waals surface area contributed by atoms with Crippen molar-refractivity contribution in [1.82, 2.24) is 0 Å². The third kappa shape index (κ3) is 3.75. The summed E-state index contributed by atoms with van der Waals surface area (Å²) in [6.45, 7) is 0. The van der Waals surface area contributed by atoms with Crippen LogP contribution in [0.3, 0.4) is 0 Å². The summed E-state index contributed by atoms with van der Waals surface area (Å²) in [5, 5.41) is 34.2. The molecule has 2 aromatic rings. The number of hydrogen-bond acceptors (Lipinski definition) is 6. The highest BCUT2D eigenvalue weighted by Crippen LogP contribution is 2.30. The number of nitriles is 4. The third-order valence-corrected chi connectivity index (χ3v) is 4.47. The lowest BCUT2D eigenvalue weighted by molar-refractivity contribution is 0.0987. The van der Waals surface area contributed by atoms with Gasteiger partial charge in [-0.15, -0.1) is 0 Å². The Kier molecular flexibility index (Phi) is 6.28. The average Bonchev–Trinajstić information content (AvgIpc) is 2.75. The Hall–Kier alpha value is -3.94. The summed E-state index contributed by atoms with van der Waals surface area (Å²) in [7, 11) is 0. The predicted octanol–water partition coefficient (Wildman–Crippen LogP) is 3.93. The predicted molar refractivity (Wildman–Crippen MR) is 99.1 cm³/mol. The van der Waals surface area contributed by atoms with E-state index in [0.717, 1.165) is 0 Å². The summed E-state index contributed by atoms with van der Waals surface area (Å²) < 4.78 is 0. The molecule has 0 fully saturated rings. The summed E-state index contributed by atoms with van der Waals surface area (Å²) in [5.41, 5.74) is 1.08. The minimum absolute atomic E-state index is 0.114. The molecule has 0 saturated carbocycles. The van der Waals surface area contributed by atoms with Crippen LogP contribution in [0.1, 0.15) is 43.0 Å². The van der Waals surface area contributed by atoms with Gasteiger partial charge in [-0.2, -0.15) is 21.0 Å². The minimum Gasteiger partial charge on any atom is -0.288 e. The van der Waals surface area contributed by atoms with Gasteiger partial charge in [-0.3, -0.25) is 9.59 Å². The molecule has 0 saturated heterocycles. The van der Waals surface area contributed by atoms with Crippen molar-refractivity contribution in [1.29, 1.82) is 21.0 Å². The van der Waals surface area contributed by atoms with Gasteiger partial charge in [0.05, 0.1) is 22.3 Å². The van der Waals surface area contributed by atoms with Crippen molar-refractivity contribution in [3.63, 3.8) is 0 Å². The molecule has 1 aliphatic rings. The van der Waals surface area contributed by atoms with Crippen molar-refractivity contribution in [3.05, 3.63) is 79.8 Å². The maximum Gasteiger partial charge on any atom is 0.206 e. The molecular weight excluding hydrogens is 399 g/mol. The van der Waals surface area contributed by atoms with E-state index in [1.165, 1.54) is 12.1 Å². The molecule has 0 unspecified atom stereocenters. The molecule has 0 aromatic heterocycles. The van der Waals surface area contributed by atoms with Crippen molar-refractivity contribution in [2.24, 2.45) is 0 Å². The zero-order chi connectivity index (χ0) is 20.8. The van der Waals surface area contributed by atoms with E-state index in [1.54, 1.807) is 48.5 Å². The van der Waals surface area contributed by atoms with Gasteiger partial charge in [0, 0.05) is 11.1 Å². The summed E-state index contributed by atoms with van der Waals surface area (Å²) in [6.07, 6.45) is 0. The van der Waals surface area contributed by atoms with E-state index in [0.29, 0.717) is 11.1 Å². The summed E-state index contributed by atoms with van der Waals surface area (Å²) in [4.78, 5) is 23.1. The fraction of sp³-hybridized carbons (Fsp3) is 0. The Morgan fingerprint density at radius 3 is 1.14 bits per heavy atom. The number of hydrogen-bond donors (Lipinski definition) is 0. The maximum absolute atomic E-state index is 11.5. The van der Waals surface area contributed by atoms with E-state index in [9.17, 15) is 9.59 Å². The fourth-order valence-electron chi connectivity index (χ4n) is 2.28. The lowest BCUT2D eigenvalue weighted by Crippen LogP contribution is -2.17. The van der Waals surface area contributed by atoms with Crippen molar-refractivity contribution < 1.29 is 9.59 Å². The van der Waals surface area contributed by atoms with Crippen molar-refractivity contribution in [2.75, 3.05) is 0 Å². The smallest absolute Gasteiger partial charge is 0.206 e. The van der Waals surface area contributed by atoms with Crippen LogP contribution in [0.5, 0.6) is 0 Å². The van der Waals surface area contributed by atoms with Crippen LogP contribution < -0.4 is 0 Å². The number of halogens is 2. The first-order valence-corrected chi connectivity index (χ1v) is 8.17. The molecule has 0 N–H and O–H groups in total. The van der Waals surface area contributed by atoms with Crippen molar-refractivity contribution in [3.8, 4) is 24.3 Å². The van der Waals surface area contributed by atoms with Crippen molar-refractivity contribution >= 4 is 34.8 Å². The highest BCUT2D eigenvalue weighted by molar-refractivity contribution is 6.59. The molecule has 0 radical (unpaired) electrons. The van der Waals surface area contributed by atoms with E-state index in [1.807, 2.05) is 0 Å². The number of carbonyl (C=O) groups is 2. The van der Waals surface area contributed by atoms with Crippen LogP contribution in [0.4, 0.5) is 0 Å². The minimum atomic E-state index is -0.396. The van der Waals surface area contributed by atoms with Crippen LogP contribution in [0.2, 0.25) is 0 Å². The van der Waals surface area contributed by atoms with E-state index in [2.05, 4.69) is 0 Å². The first-order valence-electron chi connectivity index (χ1n) is 7.41. The topological polar surface area (TPSA) is 129 Å². The maximum atomic E-state index is 11.5. The van der Waals surface area contributed by atoms with E-state index in [4.69, 9.17) is 44.2 Å². The largest absolute Gasteiger partial charge is 0.288 e. The molecule has 0 bridgehead atoms. The molecule has 132 valence electrons. The number of ketones is 2. The Labute approximate surface area is 169 Å². The molecule has 3 rings (SSSR count). The van der Waals surface area contributed by atoms with Gasteiger partial charge < -0.3 is 0 Å². The number of benzene rings is 2. The van der Waals surface area contributed by atoms with Crippen LogP contribution in [-0.4, -0.2) is 11.6 Å². The normalized spacial score (nSPS) is 11.8. The lowest BCUT2D eigenvalue weighted by atomic mass is 9.95. The number of nitrogens with zero attached hydrogens (tertiary/aromatic N) is 4. The zero-order valence-corrected chi connectivity index (χ0v) is 15.3. The van der Waals surface area contributed by atoms with Crippen LogP contribution in [-0.2, 0) is 0 Å². The zero-order valence-electron chi connectivity index (χ0n) is 13.8. The SMILES string of the molecule is N#Cc1cc(C#N)c(C#N)cc1C#N.O=C1C(Cl)=C(Cl)C(=O)c2ccccc21. The lowest BCUT2D eigenvalue weighted by Gasteiger charge is -2.12. The average molecular weight is 405 g/mol. The van der Waals surface area contributed by atoms with Gasteiger partial charge in [0.15, 0.2) is 0 Å². The molecule has 1 aliphatic carbocycles. The van der Waals surface area contributed by atoms with Gasteiger partial charge in [0.1, 0.15) is 34.3 Å². The first-order chi connectivity index (χ1) is 13.4. The van der Waals surface area contributed by atoms with Crippen LogP contribution in [0.15, 0.2) is 46.5 Å². The molecule has 0 spiro atoms. The van der Waals surface area contributed by atoms with E-state index < -0.39 is 11.6 Å². The Morgan fingerprint density at radius 1 is 0.607 bits per heavy atom. The first kappa shape index (κ1) is 20.4. The van der Waals surface area contributed by atoms with Crippen LogP contribution in [0, 0.1) is 45.3 Å². The number of fused-ring (bicyclic) bond motifs is 1. The highest BCUT2D eigenvalue weighted by Gasteiger charge is 2.29. The third-order valence-electron chi connectivity index (χ3n) is 3.65. The summed E-state index contributed by atoms with van der Waals surface area (Å²) in [5.74, 6) is -0.793. The van der Waals surface area contributed by atoms with Crippen molar-refractivity contribution in [2.45, 2.75) is 0 Å². The van der Waals surface area contributed by atoms with Gasteiger partial charge in [-0.1, -0.05) is 47.5 Å². The summed E-state index contributed by atoms with van der Waals surface area (Å²) >= 11 is 11.2. The fourth-order valence-corrected chi connectivity index (χ4v) is 2.66. The van der Waals surface area contributed by atoms with E-state index in [-0.39, 0.29) is 32.3 Å². The molecule has 0 aliphatic heterocycles. The Morgan fingerprint density at radius 2 is 0.893 bits per heavy atom. The van der Waals surface area contributed by atoms with E-state index >= 15 is 0 Å². The monoisotopic (exact) mass is 404 g/mol. The highest BCUT2D eigenvalue weighted by atomic mass is 35.5. The summed E-state index contributed by atoms with van der Waals surface area (Å²) in [6, 6.07) is 16.1. The number of rotatable bonds is 0. The molecule has 28 heavy (non-hydrogen) atoms. The van der Waals surface area contributed by atoms with Crippen LogP contribution >= 0.6 is 23.2 Å². The number of allylic oxidation sites excluding steroid dienone is 2. The second-order valence-corrected chi connectivity index (χ2v) is 5.98. The molecule has 2 aromatic carbocycles. The van der Waals surface area contributed by atoms with Gasteiger partial charge >= 0.3 is 0 Å². The Balaban J connectivity index is 0.000000200. The van der Waals surface area contributed by atoms with Gasteiger partial charge in [0.25, 0.3) is 0 Å². The quantitative estimate of drug-likeness (QED) is 0.653. The van der Waals surface area contributed by atoms with Gasteiger partial charge in [-0.25, -0.2) is 0 Å². The number of Topliss-reactive ketones (excluding diaryl/α,β-unsaturated/α-hetero) is 2. The second kappa shape index (κ2) is 8.63. The molecule has 6 nitrogen and oxygen atoms in total. The van der Waals surface area contributed by atoms with Crippen LogP contribution in [0.25, 0.3) is 0 Å². The molecule has 0 amide bonds.